The van der Waals surface area contributed by atoms with Gasteiger partial charge in [-0.1, -0.05) is 11.6 Å². The molecule has 130 valence electrons. The number of carbonyl (C=O) groups is 2. The molecule has 1 aromatic rings. The summed E-state index contributed by atoms with van der Waals surface area (Å²) in [5.41, 5.74) is 2.49. The van der Waals surface area contributed by atoms with E-state index in [0.29, 0.717) is 36.5 Å². The van der Waals surface area contributed by atoms with Crippen molar-refractivity contribution in [2.24, 2.45) is 5.92 Å². The first-order valence-electron chi connectivity index (χ1n) is 8.15. The van der Waals surface area contributed by atoms with Gasteiger partial charge in [0.2, 0.25) is 0 Å². The summed E-state index contributed by atoms with van der Waals surface area (Å²) >= 11 is 0. The molecule has 0 fully saturated rings. The minimum Gasteiger partial charge on any atom is -0.496 e. The highest BCUT2D eigenvalue weighted by molar-refractivity contribution is 6.10. The molecule has 1 aliphatic rings. The van der Waals surface area contributed by atoms with Gasteiger partial charge >= 0.3 is 5.97 Å². The Balaban J connectivity index is 2.42. The minimum atomic E-state index is -0.809. The quantitative estimate of drug-likeness (QED) is 0.470. The van der Waals surface area contributed by atoms with E-state index < -0.39 is 11.9 Å². The summed E-state index contributed by atoms with van der Waals surface area (Å²) in [7, 11) is 1.59. The number of allylic oxidation sites excluding steroid dienone is 2. The number of carbonyl (C=O) groups excluding carboxylic acids is 2. The van der Waals surface area contributed by atoms with E-state index in [1.54, 1.807) is 26.2 Å². The predicted molar refractivity (Wildman–Crippen MR) is 90.7 cm³/mol. The first-order chi connectivity index (χ1) is 11.5. The fourth-order valence-corrected chi connectivity index (χ4v) is 2.65. The van der Waals surface area contributed by atoms with Gasteiger partial charge in [-0.15, -0.1) is 0 Å². The number of ketones is 1. The molecule has 0 saturated heterocycles. The maximum atomic E-state index is 12.8. The molecule has 0 radical (unpaired) electrons. The van der Waals surface area contributed by atoms with Crippen LogP contribution in [0, 0.1) is 5.92 Å². The summed E-state index contributed by atoms with van der Waals surface area (Å²) < 4.78 is 16.1. The Kier molecular flexibility index (Phi) is 6.01. The van der Waals surface area contributed by atoms with Crippen molar-refractivity contribution in [2.45, 2.75) is 33.6 Å². The Morgan fingerprint density at radius 3 is 2.75 bits per heavy atom. The Bertz CT molecular complexity index is 656. The number of fused-ring (bicyclic) bond motifs is 1. The van der Waals surface area contributed by atoms with Crippen LogP contribution in [0.2, 0.25) is 0 Å². The first kappa shape index (κ1) is 18.0. The normalized spacial score (nSPS) is 16.5. The van der Waals surface area contributed by atoms with Crippen molar-refractivity contribution in [3.05, 3.63) is 34.9 Å². The number of hydrogen-bond acceptors (Lipinski definition) is 5. The highest BCUT2D eigenvalue weighted by Crippen LogP contribution is 2.34. The largest absolute Gasteiger partial charge is 0.496 e. The van der Waals surface area contributed by atoms with Gasteiger partial charge in [0.1, 0.15) is 17.4 Å². The summed E-state index contributed by atoms with van der Waals surface area (Å²) in [6, 6.07) is 3.50. The molecule has 0 N–H and O–H groups in total. The van der Waals surface area contributed by atoms with E-state index in [1.807, 2.05) is 13.8 Å². The van der Waals surface area contributed by atoms with Gasteiger partial charge in [0.15, 0.2) is 5.78 Å². The second kappa shape index (κ2) is 7.99. The van der Waals surface area contributed by atoms with Crippen LogP contribution in [0.3, 0.4) is 0 Å². The second-order valence-electron chi connectivity index (χ2n) is 5.95. The third-order valence-electron chi connectivity index (χ3n) is 3.93. The molecule has 0 bridgehead atoms. The van der Waals surface area contributed by atoms with Crippen molar-refractivity contribution in [2.75, 3.05) is 20.3 Å². The highest BCUT2D eigenvalue weighted by atomic mass is 16.5. The minimum absolute atomic E-state index is 0.248. The number of hydrogen-bond donors (Lipinski definition) is 0. The molecule has 0 aromatic heterocycles. The molecule has 0 aliphatic carbocycles. The third kappa shape index (κ3) is 3.96. The maximum Gasteiger partial charge on any atom is 0.316 e. The molecule has 1 aliphatic heterocycles. The maximum absolute atomic E-state index is 12.8. The zero-order valence-corrected chi connectivity index (χ0v) is 14.7. The van der Waals surface area contributed by atoms with Gasteiger partial charge in [-0.25, -0.2) is 0 Å². The fraction of sp³-hybridized carbons (Fsp3) is 0.474. The summed E-state index contributed by atoms with van der Waals surface area (Å²) in [5, 5.41) is 0. The van der Waals surface area contributed by atoms with Crippen molar-refractivity contribution in [3.8, 4) is 11.5 Å². The van der Waals surface area contributed by atoms with Gasteiger partial charge in [-0.05, 0) is 38.8 Å². The smallest absolute Gasteiger partial charge is 0.316 e. The standard InChI is InChI=1S/C19H24O5/c1-5-23-19(21)14-8-9-24-17-11-16(22-4)13(7-6-12(2)3)10-15(17)18(14)20/h6,10-11,14H,5,7-9H2,1-4H3. The lowest BCUT2D eigenvalue weighted by molar-refractivity contribution is -0.146. The highest BCUT2D eigenvalue weighted by Gasteiger charge is 2.33. The van der Waals surface area contributed by atoms with Gasteiger partial charge in [-0.2, -0.15) is 0 Å². The molecular formula is C19H24O5. The lowest BCUT2D eigenvalue weighted by atomic mass is 9.93. The number of benzene rings is 1. The first-order valence-corrected chi connectivity index (χ1v) is 8.15. The Hall–Kier alpha value is -2.30. The van der Waals surface area contributed by atoms with Crippen LogP contribution in [-0.2, 0) is 16.0 Å². The van der Waals surface area contributed by atoms with Gasteiger partial charge in [0.25, 0.3) is 0 Å². The molecular weight excluding hydrogens is 308 g/mol. The van der Waals surface area contributed by atoms with E-state index in [-0.39, 0.29) is 12.4 Å². The summed E-state index contributed by atoms with van der Waals surface area (Å²) in [4.78, 5) is 24.9. The number of rotatable bonds is 5. The van der Waals surface area contributed by atoms with E-state index >= 15 is 0 Å². The average molecular weight is 332 g/mol. The van der Waals surface area contributed by atoms with E-state index in [4.69, 9.17) is 14.2 Å². The summed E-state index contributed by atoms with van der Waals surface area (Å²) in [5.74, 6) is -0.406. The SMILES string of the molecule is CCOC(=O)C1CCOc2cc(OC)c(CC=C(C)C)cc2C1=O. The molecule has 1 atom stereocenters. The lowest BCUT2D eigenvalue weighted by Crippen LogP contribution is -2.26. The molecule has 5 heteroatoms. The Morgan fingerprint density at radius 2 is 2.12 bits per heavy atom. The topological polar surface area (TPSA) is 61.8 Å². The van der Waals surface area contributed by atoms with Gasteiger partial charge in [0, 0.05) is 12.5 Å². The van der Waals surface area contributed by atoms with E-state index in [2.05, 4.69) is 6.08 Å². The summed E-state index contributed by atoms with van der Waals surface area (Å²) in [6.45, 7) is 6.30. The van der Waals surface area contributed by atoms with Crippen molar-refractivity contribution >= 4 is 11.8 Å². The van der Waals surface area contributed by atoms with Crippen molar-refractivity contribution < 1.29 is 23.8 Å². The number of Topliss-reactive ketones (excluding diaryl/α,β-unsaturated/α-hetero) is 1. The molecule has 0 spiro atoms. The molecule has 2 rings (SSSR count). The molecule has 1 aromatic carbocycles. The van der Waals surface area contributed by atoms with Gasteiger partial charge in [0.05, 0.1) is 25.9 Å². The predicted octanol–water partition coefficient (Wildman–Crippen LogP) is 3.35. The Labute approximate surface area is 142 Å². The number of esters is 1. The molecule has 0 saturated carbocycles. The number of methoxy groups -OCH3 is 1. The zero-order valence-electron chi connectivity index (χ0n) is 14.7. The van der Waals surface area contributed by atoms with Gasteiger partial charge < -0.3 is 14.2 Å². The van der Waals surface area contributed by atoms with Crippen LogP contribution >= 0.6 is 0 Å². The molecule has 24 heavy (non-hydrogen) atoms. The molecule has 5 nitrogen and oxygen atoms in total. The number of ether oxygens (including phenoxy) is 3. The van der Waals surface area contributed by atoms with Crippen LogP contribution in [0.1, 0.15) is 43.1 Å². The molecule has 1 heterocycles. The average Bonchev–Trinajstić information content (AvgIpc) is 2.71. The van der Waals surface area contributed by atoms with Gasteiger partial charge in [-0.3, -0.25) is 9.59 Å². The van der Waals surface area contributed by atoms with Crippen LogP contribution in [0.4, 0.5) is 0 Å². The van der Waals surface area contributed by atoms with Crippen molar-refractivity contribution in [1.82, 2.24) is 0 Å². The van der Waals surface area contributed by atoms with Crippen LogP contribution in [0.5, 0.6) is 11.5 Å². The van der Waals surface area contributed by atoms with Crippen molar-refractivity contribution in [3.63, 3.8) is 0 Å². The van der Waals surface area contributed by atoms with Crippen LogP contribution in [0.15, 0.2) is 23.8 Å². The Morgan fingerprint density at radius 1 is 1.38 bits per heavy atom. The van der Waals surface area contributed by atoms with Crippen LogP contribution in [-0.4, -0.2) is 32.1 Å². The zero-order chi connectivity index (χ0) is 17.7. The van der Waals surface area contributed by atoms with E-state index in [1.165, 1.54) is 5.57 Å². The fourth-order valence-electron chi connectivity index (χ4n) is 2.65. The molecule has 0 amide bonds. The lowest BCUT2D eigenvalue weighted by Gasteiger charge is -2.14. The van der Waals surface area contributed by atoms with Crippen molar-refractivity contribution in [1.29, 1.82) is 0 Å². The van der Waals surface area contributed by atoms with Crippen LogP contribution < -0.4 is 9.47 Å². The monoisotopic (exact) mass is 332 g/mol. The van der Waals surface area contributed by atoms with Crippen LogP contribution in [0.25, 0.3) is 0 Å². The van der Waals surface area contributed by atoms with E-state index in [0.717, 1.165) is 5.56 Å². The molecule has 1 unspecified atom stereocenters. The van der Waals surface area contributed by atoms with E-state index in [9.17, 15) is 9.59 Å². The second-order valence-corrected chi connectivity index (χ2v) is 5.95. The third-order valence-corrected chi connectivity index (χ3v) is 3.93. The summed E-state index contributed by atoms with van der Waals surface area (Å²) in [6.07, 6.45) is 3.03.